The van der Waals surface area contributed by atoms with Crippen molar-refractivity contribution in [2.45, 2.75) is 13.5 Å². The van der Waals surface area contributed by atoms with Gasteiger partial charge in [-0.1, -0.05) is 0 Å². The molecule has 0 spiro atoms. The second kappa shape index (κ2) is 3.98. The van der Waals surface area contributed by atoms with Crippen LogP contribution in [0.15, 0.2) is 18.6 Å². The molecule has 0 aromatic carbocycles. The second-order valence-corrected chi connectivity index (χ2v) is 3.13. The molecule has 0 fully saturated rings. The van der Waals surface area contributed by atoms with Crippen molar-refractivity contribution in [3.63, 3.8) is 0 Å². The summed E-state index contributed by atoms with van der Waals surface area (Å²) in [6.07, 6.45) is 4.68. The first-order chi connectivity index (χ1) is 7.77. The fourth-order valence-corrected chi connectivity index (χ4v) is 1.43. The van der Waals surface area contributed by atoms with Gasteiger partial charge in [-0.3, -0.25) is 9.97 Å². The van der Waals surface area contributed by atoms with Crippen LogP contribution in [-0.4, -0.2) is 19.7 Å². The molecule has 2 aromatic rings. The van der Waals surface area contributed by atoms with Crippen molar-refractivity contribution in [3.8, 4) is 17.5 Å². The zero-order valence-electron chi connectivity index (χ0n) is 8.75. The smallest absolute Gasteiger partial charge is 0.140 e. The predicted molar refractivity (Wildman–Crippen MR) is 58.1 cm³/mol. The minimum Gasteiger partial charge on any atom is -0.383 e. The molecule has 16 heavy (non-hydrogen) atoms. The highest BCUT2D eigenvalue weighted by molar-refractivity contribution is 5.69. The molecular weight excluding hydrogens is 204 g/mol. The first kappa shape index (κ1) is 10.1. The second-order valence-electron chi connectivity index (χ2n) is 3.13. The Morgan fingerprint density at radius 3 is 2.88 bits per heavy atom. The van der Waals surface area contributed by atoms with Gasteiger partial charge in [0.1, 0.15) is 28.8 Å². The summed E-state index contributed by atoms with van der Waals surface area (Å²) in [6, 6.07) is 2.04. The third kappa shape index (κ3) is 1.48. The van der Waals surface area contributed by atoms with Crippen molar-refractivity contribution >= 4 is 5.82 Å². The molecule has 0 aliphatic carbocycles. The van der Waals surface area contributed by atoms with Gasteiger partial charge in [-0.05, 0) is 6.92 Å². The molecule has 0 amide bonds. The van der Waals surface area contributed by atoms with E-state index in [0.29, 0.717) is 29.3 Å². The number of nitrogen functional groups attached to an aromatic ring is 1. The van der Waals surface area contributed by atoms with Crippen molar-refractivity contribution in [2.24, 2.45) is 0 Å². The lowest BCUT2D eigenvalue weighted by Gasteiger charge is -1.95. The number of anilines is 1. The quantitative estimate of drug-likeness (QED) is 0.798. The Labute approximate surface area is 92.4 Å². The van der Waals surface area contributed by atoms with Crippen molar-refractivity contribution in [2.75, 3.05) is 5.73 Å². The standard InChI is InChI=1S/C10H10N6/c1-2-16-10(12)7(5-11)9(15-16)8-6-13-3-4-14-8/h3-4,6H,2,12H2,1H3. The van der Waals surface area contributed by atoms with Gasteiger partial charge in [-0.25, -0.2) is 4.68 Å². The molecule has 0 aliphatic rings. The zero-order valence-corrected chi connectivity index (χ0v) is 8.75. The molecule has 0 atom stereocenters. The summed E-state index contributed by atoms with van der Waals surface area (Å²) in [4.78, 5) is 8.04. The van der Waals surface area contributed by atoms with Crippen molar-refractivity contribution < 1.29 is 0 Å². The summed E-state index contributed by atoms with van der Waals surface area (Å²) in [7, 11) is 0. The number of rotatable bonds is 2. The van der Waals surface area contributed by atoms with E-state index in [4.69, 9.17) is 11.0 Å². The Balaban J connectivity index is 2.63. The Kier molecular flexibility index (Phi) is 2.52. The third-order valence-corrected chi connectivity index (χ3v) is 2.21. The zero-order chi connectivity index (χ0) is 11.5. The lowest BCUT2D eigenvalue weighted by Crippen LogP contribution is -2.02. The summed E-state index contributed by atoms with van der Waals surface area (Å²) in [6.45, 7) is 2.52. The van der Waals surface area contributed by atoms with Crippen LogP contribution in [0, 0.1) is 11.3 Å². The highest BCUT2D eigenvalue weighted by Crippen LogP contribution is 2.23. The topological polar surface area (TPSA) is 93.4 Å². The summed E-state index contributed by atoms with van der Waals surface area (Å²) < 4.78 is 1.57. The molecule has 6 heteroatoms. The Hall–Kier alpha value is -2.42. The van der Waals surface area contributed by atoms with E-state index in [2.05, 4.69) is 15.1 Å². The average molecular weight is 214 g/mol. The van der Waals surface area contributed by atoms with E-state index < -0.39 is 0 Å². The maximum absolute atomic E-state index is 9.04. The summed E-state index contributed by atoms with van der Waals surface area (Å²) in [5.41, 5.74) is 7.18. The van der Waals surface area contributed by atoms with Crippen LogP contribution in [0.25, 0.3) is 11.4 Å². The van der Waals surface area contributed by atoms with Gasteiger partial charge in [0.25, 0.3) is 0 Å². The molecule has 80 valence electrons. The van der Waals surface area contributed by atoms with E-state index in [1.165, 1.54) is 0 Å². The molecule has 2 aromatic heterocycles. The van der Waals surface area contributed by atoms with E-state index in [-0.39, 0.29) is 0 Å². The van der Waals surface area contributed by atoms with Crippen LogP contribution in [0.4, 0.5) is 5.82 Å². The summed E-state index contributed by atoms with van der Waals surface area (Å²) >= 11 is 0. The molecule has 2 rings (SSSR count). The lowest BCUT2D eigenvalue weighted by molar-refractivity contribution is 0.671. The molecule has 2 N–H and O–H groups in total. The fraction of sp³-hybridized carbons (Fsp3) is 0.200. The van der Waals surface area contributed by atoms with E-state index in [9.17, 15) is 0 Å². The number of hydrogen-bond donors (Lipinski definition) is 1. The molecule has 0 saturated carbocycles. The first-order valence-corrected chi connectivity index (χ1v) is 4.80. The molecule has 0 unspecified atom stereocenters. The molecular formula is C10H10N6. The minimum absolute atomic E-state index is 0.349. The van der Waals surface area contributed by atoms with Gasteiger partial charge in [-0.2, -0.15) is 10.4 Å². The maximum atomic E-state index is 9.04. The molecule has 2 heterocycles. The van der Waals surface area contributed by atoms with E-state index in [0.717, 1.165) is 0 Å². The van der Waals surface area contributed by atoms with Gasteiger partial charge in [0, 0.05) is 18.9 Å². The molecule has 0 aliphatic heterocycles. The van der Waals surface area contributed by atoms with Crippen LogP contribution in [0.5, 0.6) is 0 Å². The van der Waals surface area contributed by atoms with Crippen LogP contribution in [-0.2, 0) is 6.54 Å². The maximum Gasteiger partial charge on any atom is 0.140 e. The summed E-state index contributed by atoms with van der Waals surface area (Å²) in [5.74, 6) is 0.366. The highest BCUT2D eigenvalue weighted by atomic mass is 15.3. The van der Waals surface area contributed by atoms with Crippen LogP contribution < -0.4 is 5.73 Å². The van der Waals surface area contributed by atoms with Crippen molar-refractivity contribution in [3.05, 3.63) is 24.2 Å². The van der Waals surface area contributed by atoms with Crippen LogP contribution in [0.3, 0.4) is 0 Å². The van der Waals surface area contributed by atoms with Crippen molar-refractivity contribution in [1.29, 1.82) is 5.26 Å². The Morgan fingerprint density at radius 1 is 1.50 bits per heavy atom. The fourth-order valence-electron chi connectivity index (χ4n) is 1.43. The molecule has 0 radical (unpaired) electrons. The minimum atomic E-state index is 0.349. The molecule has 0 saturated heterocycles. The van der Waals surface area contributed by atoms with Gasteiger partial charge in [0.2, 0.25) is 0 Å². The van der Waals surface area contributed by atoms with Gasteiger partial charge in [0.05, 0.1) is 6.20 Å². The number of aryl methyl sites for hydroxylation is 1. The SMILES string of the molecule is CCn1nc(-c2cnccn2)c(C#N)c1N. The normalized spacial score (nSPS) is 10.0. The third-order valence-electron chi connectivity index (χ3n) is 2.21. The van der Waals surface area contributed by atoms with E-state index >= 15 is 0 Å². The molecule has 0 bridgehead atoms. The Bertz CT molecular complexity index is 536. The van der Waals surface area contributed by atoms with Gasteiger partial charge in [-0.15, -0.1) is 0 Å². The van der Waals surface area contributed by atoms with E-state index in [1.54, 1.807) is 23.3 Å². The number of nitriles is 1. The van der Waals surface area contributed by atoms with E-state index in [1.807, 2.05) is 13.0 Å². The summed E-state index contributed by atoms with van der Waals surface area (Å²) in [5, 5.41) is 13.3. The van der Waals surface area contributed by atoms with Crippen LogP contribution >= 0.6 is 0 Å². The predicted octanol–water partition coefficient (Wildman–Crippen LogP) is 0.814. The number of nitrogens with two attached hydrogens (primary N) is 1. The van der Waals surface area contributed by atoms with Gasteiger partial charge < -0.3 is 5.73 Å². The van der Waals surface area contributed by atoms with Crippen LogP contribution in [0.1, 0.15) is 12.5 Å². The first-order valence-electron chi connectivity index (χ1n) is 4.80. The lowest BCUT2D eigenvalue weighted by atomic mass is 10.2. The highest BCUT2D eigenvalue weighted by Gasteiger charge is 2.16. The monoisotopic (exact) mass is 214 g/mol. The van der Waals surface area contributed by atoms with Gasteiger partial charge >= 0.3 is 0 Å². The van der Waals surface area contributed by atoms with Crippen molar-refractivity contribution in [1.82, 2.24) is 19.7 Å². The number of nitrogens with zero attached hydrogens (tertiary/aromatic N) is 5. The number of hydrogen-bond acceptors (Lipinski definition) is 5. The largest absolute Gasteiger partial charge is 0.383 e. The number of aromatic nitrogens is 4. The van der Waals surface area contributed by atoms with Crippen LogP contribution in [0.2, 0.25) is 0 Å². The molecule has 6 nitrogen and oxygen atoms in total. The Morgan fingerprint density at radius 2 is 2.31 bits per heavy atom. The van der Waals surface area contributed by atoms with Gasteiger partial charge in [0.15, 0.2) is 0 Å². The average Bonchev–Trinajstić information content (AvgIpc) is 2.66.